The Morgan fingerprint density at radius 1 is 1.00 bits per heavy atom. The van der Waals surface area contributed by atoms with E-state index in [0.717, 1.165) is 0 Å². The first kappa shape index (κ1) is 25.2. The molecule has 2 rings (SSSR count). The summed E-state index contributed by atoms with van der Waals surface area (Å²) < 4.78 is 36.2. The highest BCUT2D eigenvalue weighted by Gasteiger charge is 2.30. The molecule has 1 aromatic rings. The normalized spacial score (nSPS) is 14.3. The molecule has 0 unspecified atom stereocenters. The maximum Gasteiger partial charge on any atom is 0.414 e. The molecule has 12 heteroatoms. The van der Waals surface area contributed by atoms with Gasteiger partial charge in [0.25, 0.3) is 5.91 Å². The van der Waals surface area contributed by atoms with E-state index in [9.17, 15) is 13.2 Å². The van der Waals surface area contributed by atoms with Gasteiger partial charge in [-0.1, -0.05) is 13.0 Å². The maximum atomic E-state index is 12.8. The van der Waals surface area contributed by atoms with E-state index in [1.54, 1.807) is 23.1 Å². The summed E-state index contributed by atoms with van der Waals surface area (Å²) in [5, 5.41) is 14.8. The number of rotatable bonds is 6. The minimum atomic E-state index is -3.22. The Bertz CT molecular complexity index is 850. The van der Waals surface area contributed by atoms with E-state index in [2.05, 4.69) is 0 Å². The van der Waals surface area contributed by atoms with Gasteiger partial charge in [0.15, 0.2) is 11.5 Å². The fraction of sp³-hybridized carbons (Fsp3) is 0.500. The van der Waals surface area contributed by atoms with Gasteiger partial charge in [-0.3, -0.25) is 4.79 Å². The molecule has 1 aliphatic rings. The van der Waals surface area contributed by atoms with Crippen molar-refractivity contribution >= 4 is 27.9 Å². The number of piperazine rings is 1. The minimum Gasteiger partial charge on any atom is -0.493 e. The second-order valence-corrected chi connectivity index (χ2v) is 8.25. The highest BCUT2D eigenvalue weighted by atomic mass is 32.2. The number of hydrogen-bond donors (Lipinski definition) is 2. The zero-order valence-corrected chi connectivity index (χ0v) is 17.8. The van der Waals surface area contributed by atoms with Gasteiger partial charge < -0.3 is 24.6 Å². The fourth-order valence-electron chi connectivity index (χ4n) is 2.78. The SMILES string of the molecule is CCCS(=O)(=O)N1CCN(C(=O)c2cccc(OC)c2OC)CC1.O=C(O)C(=O)O. The van der Waals surface area contributed by atoms with Crippen LogP contribution in [0.2, 0.25) is 0 Å². The molecule has 0 aliphatic carbocycles. The standard InChI is InChI=1S/C16H24N2O5S.C2H2O4/c1-4-12-24(20,21)18-10-8-17(9-11-18)16(19)13-6-5-7-14(22-2)15(13)23-3;3-1(4)2(5)6/h5-7H,4,8-12H2,1-3H3;(H,3,4)(H,5,6). The van der Waals surface area contributed by atoms with Crippen molar-refractivity contribution in [1.29, 1.82) is 0 Å². The number of carbonyl (C=O) groups excluding carboxylic acids is 1. The number of amides is 1. The second-order valence-electron chi connectivity index (χ2n) is 6.16. The number of carbonyl (C=O) groups is 3. The third-order valence-electron chi connectivity index (χ3n) is 4.20. The molecule has 1 amide bonds. The summed E-state index contributed by atoms with van der Waals surface area (Å²) in [5.74, 6) is -2.80. The zero-order chi connectivity index (χ0) is 22.9. The van der Waals surface area contributed by atoms with E-state index in [4.69, 9.17) is 29.3 Å². The van der Waals surface area contributed by atoms with Crippen LogP contribution in [0.1, 0.15) is 23.7 Å². The number of nitrogens with zero attached hydrogens (tertiary/aromatic N) is 2. The van der Waals surface area contributed by atoms with Gasteiger partial charge in [0.1, 0.15) is 0 Å². The fourth-order valence-corrected chi connectivity index (χ4v) is 4.28. The molecule has 0 atom stereocenters. The van der Waals surface area contributed by atoms with Gasteiger partial charge in [-0.05, 0) is 18.6 Å². The molecular weight excluding hydrogens is 420 g/mol. The molecular formula is C18H26N2O9S. The van der Waals surface area contributed by atoms with Crippen molar-refractivity contribution in [2.24, 2.45) is 0 Å². The van der Waals surface area contributed by atoms with E-state index in [1.165, 1.54) is 18.5 Å². The predicted octanol–water partition coefficient (Wildman–Crippen LogP) is 0.357. The van der Waals surface area contributed by atoms with Crippen LogP contribution in [0.5, 0.6) is 11.5 Å². The predicted molar refractivity (Wildman–Crippen MR) is 106 cm³/mol. The van der Waals surface area contributed by atoms with Crippen LogP contribution < -0.4 is 9.47 Å². The van der Waals surface area contributed by atoms with Crippen LogP contribution in [-0.4, -0.2) is 91.8 Å². The average molecular weight is 446 g/mol. The molecule has 30 heavy (non-hydrogen) atoms. The highest BCUT2D eigenvalue weighted by Crippen LogP contribution is 2.31. The number of carboxylic acid groups (broad SMARTS) is 2. The number of ether oxygens (including phenoxy) is 2. The molecule has 1 saturated heterocycles. The molecule has 0 saturated carbocycles. The Hall–Kier alpha value is -2.86. The Labute approximate surface area is 174 Å². The van der Waals surface area contributed by atoms with Crippen LogP contribution in [-0.2, 0) is 19.6 Å². The molecule has 1 fully saturated rings. The topological polar surface area (TPSA) is 151 Å². The molecule has 0 aromatic heterocycles. The lowest BCUT2D eigenvalue weighted by molar-refractivity contribution is -0.159. The third kappa shape index (κ3) is 6.59. The van der Waals surface area contributed by atoms with Crippen LogP contribution in [0.4, 0.5) is 0 Å². The van der Waals surface area contributed by atoms with E-state index in [1.807, 2.05) is 6.92 Å². The summed E-state index contributed by atoms with van der Waals surface area (Å²) in [7, 11) is -0.213. The largest absolute Gasteiger partial charge is 0.493 e. The number of benzene rings is 1. The van der Waals surface area contributed by atoms with Crippen molar-refractivity contribution in [3.05, 3.63) is 23.8 Å². The highest BCUT2D eigenvalue weighted by molar-refractivity contribution is 7.89. The summed E-state index contributed by atoms with van der Waals surface area (Å²) >= 11 is 0. The van der Waals surface area contributed by atoms with Crippen LogP contribution in [0.15, 0.2) is 18.2 Å². The lowest BCUT2D eigenvalue weighted by Crippen LogP contribution is -2.51. The van der Waals surface area contributed by atoms with E-state index in [0.29, 0.717) is 49.7 Å². The number of para-hydroxylation sites is 1. The van der Waals surface area contributed by atoms with Crippen LogP contribution in [0.3, 0.4) is 0 Å². The second kappa shape index (κ2) is 11.4. The van der Waals surface area contributed by atoms with Gasteiger partial charge >= 0.3 is 11.9 Å². The molecule has 1 aliphatic heterocycles. The number of hydrogen-bond acceptors (Lipinski definition) is 7. The average Bonchev–Trinajstić information content (AvgIpc) is 2.72. The van der Waals surface area contributed by atoms with Gasteiger partial charge in [-0.25, -0.2) is 18.0 Å². The Kier molecular flexibility index (Phi) is 9.53. The summed E-state index contributed by atoms with van der Waals surface area (Å²) in [6.07, 6.45) is 0.586. The third-order valence-corrected chi connectivity index (χ3v) is 6.27. The maximum absolute atomic E-state index is 12.8. The first-order valence-electron chi connectivity index (χ1n) is 9.03. The van der Waals surface area contributed by atoms with Crippen molar-refractivity contribution < 1.29 is 42.5 Å². The summed E-state index contributed by atoms with van der Waals surface area (Å²) in [6, 6.07) is 5.14. The molecule has 2 N–H and O–H groups in total. The Morgan fingerprint density at radius 2 is 1.57 bits per heavy atom. The molecule has 0 radical (unpaired) electrons. The summed E-state index contributed by atoms with van der Waals surface area (Å²) in [4.78, 5) is 32.6. The van der Waals surface area contributed by atoms with Crippen molar-refractivity contribution in [2.75, 3.05) is 46.2 Å². The quantitative estimate of drug-likeness (QED) is 0.590. The van der Waals surface area contributed by atoms with E-state index in [-0.39, 0.29) is 11.7 Å². The zero-order valence-electron chi connectivity index (χ0n) is 17.0. The molecule has 11 nitrogen and oxygen atoms in total. The summed E-state index contributed by atoms with van der Waals surface area (Å²) in [6.45, 7) is 3.21. The molecule has 0 spiro atoms. The van der Waals surface area contributed by atoms with Crippen molar-refractivity contribution in [2.45, 2.75) is 13.3 Å². The molecule has 1 aromatic carbocycles. The van der Waals surface area contributed by atoms with Crippen molar-refractivity contribution in [1.82, 2.24) is 9.21 Å². The molecule has 1 heterocycles. The van der Waals surface area contributed by atoms with Gasteiger partial charge in [-0.2, -0.15) is 4.31 Å². The van der Waals surface area contributed by atoms with E-state index < -0.39 is 22.0 Å². The van der Waals surface area contributed by atoms with Gasteiger partial charge in [0.05, 0.1) is 25.5 Å². The first-order valence-corrected chi connectivity index (χ1v) is 10.6. The van der Waals surface area contributed by atoms with Crippen molar-refractivity contribution in [3.63, 3.8) is 0 Å². The first-order chi connectivity index (χ1) is 14.1. The Morgan fingerprint density at radius 3 is 2.00 bits per heavy atom. The summed E-state index contributed by atoms with van der Waals surface area (Å²) in [5.41, 5.74) is 0.418. The monoisotopic (exact) mass is 446 g/mol. The van der Waals surface area contributed by atoms with Gasteiger partial charge in [0.2, 0.25) is 10.0 Å². The van der Waals surface area contributed by atoms with Crippen molar-refractivity contribution in [3.8, 4) is 11.5 Å². The molecule has 0 bridgehead atoms. The van der Waals surface area contributed by atoms with Crippen LogP contribution in [0, 0.1) is 0 Å². The van der Waals surface area contributed by atoms with Gasteiger partial charge in [0, 0.05) is 26.2 Å². The van der Waals surface area contributed by atoms with Crippen LogP contribution in [0.25, 0.3) is 0 Å². The number of sulfonamides is 1. The minimum absolute atomic E-state index is 0.144. The Balaban J connectivity index is 0.000000656. The lowest BCUT2D eigenvalue weighted by atomic mass is 10.1. The molecule has 168 valence electrons. The van der Waals surface area contributed by atoms with Gasteiger partial charge in [-0.15, -0.1) is 0 Å². The van der Waals surface area contributed by atoms with E-state index >= 15 is 0 Å². The van der Waals surface area contributed by atoms with Crippen LogP contribution >= 0.6 is 0 Å². The number of carboxylic acids is 2. The number of aliphatic carboxylic acids is 2. The lowest BCUT2D eigenvalue weighted by Gasteiger charge is -2.34. The smallest absolute Gasteiger partial charge is 0.414 e. The number of methoxy groups -OCH3 is 2.